The number of rotatable bonds is 4. The molecule has 0 aromatic heterocycles. The molecule has 0 amide bonds. The molecule has 3 heteroatoms. The van der Waals surface area contributed by atoms with Gasteiger partial charge in [-0.1, -0.05) is 19.9 Å². The zero-order chi connectivity index (χ0) is 13.1. The molecule has 0 radical (unpaired) electrons. The van der Waals surface area contributed by atoms with E-state index in [-0.39, 0.29) is 0 Å². The molecule has 0 aliphatic carbocycles. The van der Waals surface area contributed by atoms with Gasteiger partial charge in [-0.15, -0.1) is 0 Å². The van der Waals surface area contributed by atoms with Gasteiger partial charge in [0.2, 0.25) is 0 Å². The summed E-state index contributed by atoms with van der Waals surface area (Å²) in [6.45, 7) is 8.57. The van der Waals surface area contributed by atoms with Crippen LogP contribution >= 0.6 is 0 Å². The van der Waals surface area contributed by atoms with Crippen molar-refractivity contribution in [2.24, 2.45) is 17.6 Å². The second-order valence-electron chi connectivity index (χ2n) is 5.50. The Morgan fingerprint density at radius 3 is 2.50 bits per heavy atom. The van der Waals surface area contributed by atoms with Gasteiger partial charge in [0.25, 0.3) is 0 Å². The van der Waals surface area contributed by atoms with Crippen LogP contribution < -0.4 is 10.5 Å². The lowest BCUT2D eigenvalue weighted by atomic mass is 10.0. The molecule has 1 saturated heterocycles. The first-order chi connectivity index (χ1) is 8.63. The lowest BCUT2D eigenvalue weighted by Crippen LogP contribution is -2.20. The van der Waals surface area contributed by atoms with Crippen LogP contribution in [0.4, 0.5) is 0 Å². The molecule has 1 fully saturated rings. The second-order valence-corrected chi connectivity index (χ2v) is 5.50. The van der Waals surface area contributed by atoms with Crippen LogP contribution in [0.1, 0.15) is 25.0 Å². The first-order valence-corrected chi connectivity index (χ1v) is 6.72. The molecule has 3 nitrogen and oxygen atoms in total. The second kappa shape index (κ2) is 5.72. The molecule has 2 unspecified atom stereocenters. The number of hydrogen-bond acceptors (Lipinski definition) is 3. The van der Waals surface area contributed by atoms with Gasteiger partial charge < -0.3 is 10.5 Å². The van der Waals surface area contributed by atoms with Crippen molar-refractivity contribution in [3.05, 3.63) is 29.3 Å². The van der Waals surface area contributed by atoms with Gasteiger partial charge in [0.05, 0.1) is 7.11 Å². The van der Waals surface area contributed by atoms with Crippen LogP contribution in [0.15, 0.2) is 18.2 Å². The van der Waals surface area contributed by atoms with Crippen molar-refractivity contribution in [3.8, 4) is 5.75 Å². The number of ether oxygens (including phenoxy) is 1. The van der Waals surface area contributed by atoms with Gasteiger partial charge in [-0.3, -0.25) is 4.90 Å². The molecule has 100 valence electrons. The molecule has 2 rings (SSSR count). The first-order valence-electron chi connectivity index (χ1n) is 6.72. The van der Waals surface area contributed by atoms with Crippen molar-refractivity contribution in [2.75, 3.05) is 20.2 Å². The van der Waals surface area contributed by atoms with Gasteiger partial charge in [-0.2, -0.15) is 0 Å². The van der Waals surface area contributed by atoms with E-state index in [9.17, 15) is 0 Å². The van der Waals surface area contributed by atoms with E-state index in [1.54, 1.807) is 7.11 Å². The van der Waals surface area contributed by atoms with Crippen LogP contribution in [0.2, 0.25) is 0 Å². The first kappa shape index (κ1) is 13.4. The Balaban J connectivity index is 2.12. The van der Waals surface area contributed by atoms with E-state index in [4.69, 9.17) is 10.5 Å². The summed E-state index contributed by atoms with van der Waals surface area (Å²) in [6, 6.07) is 6.24. The highest BCUT2D eigenvalue weighted by atomic mass is 16.5. The fourth-order valence-electron chi connectivity index (χ4n) is 2.70. The summed E-state index contributed by atoms with van der Waals surface area (Å²) in [5.74, 6) is 2.54. The van der Waals surface area contributed by atoms with Gasteiger partial charge in [0.1, 0.15) is 5.75 Å². The van der Waals surface area contributed by atoms with Crippen molar-refractivity contribution < 1.29 is 4.74 Å². The normalized spacial score (nSPS) is 24.4. The summed E-state index contributed by atoms with van der Waals surface area (Å²) in [6.07, 6.45) is 0. The fourth-order valence-corrected chi connectivity index (χ4v) is 2.70. The Morgan fingerprint density at radius 2 is 1.94 bits per heavy atom. The number of nitrogens with zero attached hydrogens (tertiary/aromatic N) is 1. The smallest absolute Gasteiger partial charge is 0.123 e. The Hall–Kier alpha value is -1.06. The van der Waals surface area contributed by atoms with Crippen LogP contribution in [0.3, 0.4) is 0 Å². The quantitative estimate of drug-likeness (QED) is 0.888. The van der Waals surface area contributed by atoms with Crippen molar-refractivity contribution in [3.63, 3.8) is 0 Å². The van der Waals surface area contributed by atoms with E-state index >= 15 is 0 Å². The SMILES string of the molecule is COc1ccc(CN)cc1CN1CC(C)C(C)C1. The van der Waals surface area contributed by atoms with Crippen molar-refractivity contribution >= 4 is 0 Å². The molecule has 18 heavy (non-hydrogen) atoms. The summed E-state index contributed by atoms with van der Waals surface area (Å²) in [7, 11) is 1.73. The topological polar surface area (TPSA) is 38.5 Å². The Morgan fingerprint density at radius 1 is 1.28 bits per heavy atom. The molecule has 2 N–H and O–H groups in total. The molecule has 0 saturated carbocycles. The minimum atomic E-state index is 0.587. The number of likely N-dealkylation sites (tertiary alicyclic amines) is 1. The van der Waals surface area contributed by atoms with Crippen molar-refractivity contribution in [1.82, 2.24) is 4.90 Å². The number of methoxy groups -OCH3 is 1. The number of nitrogens with two attached hydrogens (primary N) is 1. The fraction of sp³-hybridized carbons (Fsp3) is 0.600. The Labute approximate surface area is 110 Å². The highest BCUT2D eigenvalue weighted by molar-refractivity contribution is 5.37. The lowest BCUT2D eigenvalue weighted by Gasteiger charge is -2.18. The van der Waals surface area contributed by atoms with Crippen molar-refractivity contribution in [2.45, 2.75) is 26.9 Å². The van der Waals surface area contributed by atoms with Crippen LogP contribution in [0.25, 0.3) is 0 Å². The van der Waals surface area contributed by atoms with Crippen LogP contribution in [0, 0.1) is 11.8 Å². The van der Waals surface area contributed by atoms with Crippen molar-refractivity contribution in [1.29, 1.82) is 0 Å². The van der Waals surface area contributed by atoms with E-state index in [1.807, 2.05) is 12.1 Å². The van der Waals surface area contributed by atoms with Gasteiger partial charge >= 0.3 is 0 Å². The molecule has 2 atom stereocenters. The molecule has 1 aliphatic rings. The maximum absolute atomic E-state index is 5.71. The van der Waals surface area contributed by atoms with Gasteiger partial charge in [0.15, 0.2) is 0 Å². The summed E-state index contributed by atoms with van der Waals surface area (Å²) in [5, 5.41) is 0. The molecule has 1 aromatic rings. The molecule has 0 spiro atoms. The van der Waals surface area contributed by atoms with Gasteiger partial charge in [-0.05, 0) is 29.5 Å². The maximum atomic E-state index is 5.71. The predicted molar refractivity (Wildman–Crippen MR) is 74.5 cm³/mol. The molecular weight excluding hydrogens is 224 g/mol. The summed E-state index contributed by atoms with van der Waals surface area (Å²) < 4.78 is 5.44. The third-order valence-corrected chi connectivity index (χ3v) is 4.04. The monoisotopic (exact) mass is 248 g/mol. The van der Waals surface area contributed by atoms with E-state index in [2.05, 4.69) is 24.8 Å². The van der Waals surface area contributed by atoms with E-state index < -0.39 is 0 Å². The van der Waals surface area contributed by atoms with E-state index in [0.29, 0.717) is 6.54 Å². The van der Waals surface area contributed by atoms with Gasteiger partial charge in [-0.25, -0.2) is 0 Å². The Kier molecular flexibility index (Phi) is 4.25. The van der Waals surface area contributed by atoms with Crippen LogP contribution in [-0.2, 0) is 13.1 Å². The van der Waals surface area contributed by atoms with Crippen LogP contribution in [-0.4, -0.2) is 25.1 Å². The average Bonchev–Trinajstić information content (AvgIpc) is 2.68. The highest BCUT2D eigenvalue weighted by Gasteiger charge is 2.26. The summed E-state index contributed by atoms with van der Waals surface area (Å²) in [5.41, 5.74) is 8.13. The lowest BCUT2D eigenvalue weighted by molar-refractivity contribution is 0.307. The Bertz CT molecular complexity index is 395. The average molecular weight is 248 g/mol. The largest absolute Gasteiger partial charge is 0.496 e. The highest BCUT2D eigenvalue weighted by Crippen LogP contribution is 2.27. The molecular formula is C15H24N2O. The molecule has 1 aliphatic heterocycles. The summed E-state index contributed by atoms with van der Waals surface area (Å²) >= 11 is 0. The predicted octanol–water partition coefficient (Wildman–Crippen LogP) is 2.24. The third kappa shape index (κ3) is 2.85. The zero-order valence-corrected chi connectivity index (χ0v) is 11.6. The maximum Gasteiger partial charge on any atom is 0.123 e. The number of hydrogen-bond donors (Lipinski definition) is 1. The van der Waals surface area contributed by atoms with Gasteiger partial charge in [0, 0.05) is 31.7 Å². The zero-order valence-electron chi connectivity index (χ0n) is 11.6. The molecule has 1 heterocycles. The number of benzene rings is 1. The molecule has 0 bridgehead atoms. The minimum Gasteiger partial charge on any atom is -0.496 e. The minimum absolute atomic E-state index is 0.587. The standard InChI is InChI=1S/C15H24N2O/c1-11-8-17(9-12(11)2)10-14-6-13(7-16)4-5-15(14)18-3/h4-6,11-12H,7-10,16H2,1-3H3. The van der Waals surface area contributed by atoms with E-state index in [1.165, 1.54) is 24.2 Å². The molecule has 1 aromatic carbocycles. The third-order valence-electron chi connectivity index (χ3n) is 4.04. The van der Waals surface area contributed by atoms with Crippen LogP contribution in [0.5, 0.6) is 5.75 Å². The summed E-state index contributed by atoms with van der Waals surface area (Å²) in [4.78, 5) is 2.51. The van der Waals surface area contributed by atoms with E-state index in [0.717, 1.165) is 24.1 Å².